The Morgan fingerprint density at radius 1 is 1.08 bits per heavy atom. The smallest absolute Gasteiger partial charge is 0.251 e. The lowest BCUT2D eigenvalue weighted by atomic mass is 10.1. The van der Waals surface area contributed by atoms with Gasteiger partial charge >= 0.3 is 0 Å². The summed E-state index contributed by atoms with van der Waals surface area (Å²) in [6, 6.07) is 5.02. The summed E-state index contributed by atoms with van der Waals surface area (Å²) in [4.78, 5) is 22.2. The molecular weight excluding hydrogens is 318 g/mol. The van der Waals surface area contributed by atoms with E-state index in [1.165, 1.54) is 20.0 Å². The number of aldehydes is 1. The SMILES string of the molecule is COc1cc(C(=O)NCCCNCCCCCCCC=O)ccc1N. The quantitative estimate of drug-likeness (QED) is 0.273. The Kier molecular flexibility index (Phi) is 11.1. The van der Waals surface area contributed by atoms with Crippen molar-refractivity contribution in [1.82, 2.24) is 10.6 Å². The summed E-state index contributed by atoms with van der Waals surface area (Å²) in [6.07, 6.45) is 8.25. The van der Waals surface area contributed by atoms with E-state index in [0.29, 0.717) is 30.0 Å². The molecule has 0 aromatic heterocycles. The van der Waals surface area contributed by atoms with Crippen molar-refractivity contribution in [2.45, 2.75) is 44.9 Å². The topological polar surface area (TPSA) is 93.5 Å². The minimum atomic E-state index is -0.117. The van der Waals surface area contributed by atoms with Gasteiger partial charge in [-0.3, -0.25) is 4.79 Å². The number of carbonyl (C=O) groups is 2. The molecule has 1 rings (SSSR count). The van der Waals surface area contributed by atoms with Crippen molar-refractivity contribution in [1.29, 1.82) is 0 Å². The number of anilines is 1. The highest BCUT2D eigenvalue weighted by Crippen LogP contribution is 2.21. The second kappa shape index (κ2) is 13.2. The summed E-state index contributed by atoms with van der Waals surface area (Å²) in [5.74, 6) is 0.397. The highest BCUT2D eigenvalue weighted by molar-refractivity contribution is 5.95. The summed E-state index contributed by atoms with van der Waals surface area (Å²) in [6.45, 7) is 2.51. The third kappa shape index (κ3) is 9.10. The zero-order valence-electron chi connectivity index (χ0n) is 15.2. The predicted molar refractivity (Wildman–Crippen MR) is 101 cm³/mol. The van der Waals surface area contributed by atoms with Gasteiger partial charge in [0, 0.05) is 18.5 Å². The minimum absolute atomic E-state index is 0.117. The Balaban J connectivity index is 2.02. The van der Waals surface area contributed by atoms with Gasteiger partial charge in [0.2, 0.25) is 0 Å². The van der Waals surface area contributed by atoms with Crippen LogP contribution >= 0.6 is 0 Å². The van der Waals surface area contributed by atoms with E-state index in [2.05, 4.69) is 10.6 Å². The molecule has 0 saturated carbocycles. The van der Waals surface area contributed by atoms with Crippen LogP contribution in [-0.4, -0.2) is 38.9 Å². The molecule has 0 aliphatic carbocycles. The number of carbonyl (C=O) groups excluding carboxylic acids is 2. The number of ether oxygens (including phenoxy) is 1. The highest BCUT2D eigenvalue weighted by Gasteiger charge is 2.08. The third-order valence-electron chi connectivity index (χ3n) is 3.99. The fourth-order valence-electron chi connectivity index (χ4n) is 2.50. The molecule has 0 unspecified atom stereocenters. The first-order valence-corrected chi connectivity index (χ1v) is 9.05. The van der Waals surface area contributed by atoms with E-state index >= 15 is 0 Å². The number of nitrogens with two attached hydrogens (primary N) is 1. The molecule has 0 heterocycles. The molecule has 0 fully saturated rings. The van der Waals surface area contributed by atoms with Crippen molar-refractivity contribution >= 4 is 17.9 Å². The van der Waals surface area contributed by atoms with Crippen LogP contribution in [0.2, 0.25) is 0 Å². The van der Waals surface area contributed by atoms with Crippen LogP contribution < -0.4 is 21.1 Å². The molecule has 140 valence electrons. The van der Waals surface area contributed by atoms with Crippen LogP contribution in [0.1, 0.15) is 55.3 Å². The van der Waals surface area contributed by atoms with Gasteiger partial charge in [0.1, 0.15) is 12.0 Å². The number of methoxy groups -OCH3 is 1. The molecule has 4 N–H and O–H groups in total. The number of benzene rings is 1. The van der Waals surface area contributed by atoms with Gasteiger partial charge in [0.15, 0.2) is 0 Å². The zero-order valence-corrected chi connectivity index (χ0v) is 15.2. The number of nitrogens with one attached hydrogen (secondary N) is 2. The molecular formula is C19H31N3O3. The van der Waals surface area contributed by atoms with Crippen molar-refractivity contribution < 1.29 is 14.3 Å². The maximum absolute atomic E-state index is 12.1. The zero-order chi connectivity index (χ0) is 18.3. The Morgan fingerprint density at radius 2 is 1.80 bits per heavy atom. The first-order chi connectivity index (χ1) is 12.2. The Morgan fingerprint density at radius 3 is 2.56 bits per heavy atom. The van der Waals surface area contributed by atoms with E-state index in [1.807, 2.05) is 0 Å². The van der Waals surface area contributed by atoms with Crippen LogP contribution in [0.15, 0.2) is 18.2 Å². The van der Waals surface area contributed by atoms with Crippen LogP contribution in [0.3, 0.4) is 0 Å². The molecule has 0 saturated heterocycles. The molecule has 0 radical (unpaired) electrons. The maximum Gasteiger partial charge on any atom is 0.251 e. The first-order valence-electron chi connectivity index (χ1n) is 9.05. The van der Waals surface area contributed by atoms with Crippen LogP contribution in [0.25, 0.3) is 0 Å². The van der Waals surface area contributed by atoms with Gasteiger partial charge in [-0.15, -0.1) is 0 Å². The number of nitrogen functional groups attached to an aromatic ring is 1. The fraction of sp³-hybridized carbons (Fsp3) is 0.579. The molecule has 0 bridgehead atoms. The van der Waals surface area contributed by atoms with Crippen molar-refractivity contribution in [3.05, 3.63) is 23.8 Å². The minimum Gasteiger partial charge on any atom is -0.495 e. The van der Waals surface area contributed by atoms with Gasteiger partial charge in [-0.1, -0.05) is 19.3 Å². The lowest BCUT2D eigenvalue weighted by Gasteiger charge is -2.09. The van der Waals surface area contributed by atoms with Crippen molar-refractivity contribution in [2.24, 2.45) is 0 Å². The van der Waals surface area contributed by atoms with Gasteiger partial charge in [0.25, 0.3) is 5.91 Å². The summed E-state index contributed by atoms with van der Waals surface area (Å²) in [7, 11) is 1.53. The molecule has 1 amide bonds. The summed E-state index contributed by atoms with van der Waals surface area (Å²) in [5, 5.41) is 6.28. The number of amides is 1. The maximum atomic E-state index is 12.1. The lowest BCUT2D eigenvalue weighted by molar-refractivity contribution is -0.107. The Bertz CT molecular complexity index is 521. The average molecular weight is 349 g/mol. The molecule has 6 heteroatoms. The van der Waals surface area contributed by atoms with Gasteiger partial charge in [-0.05, 0) is 50.6 Å². The molecule has 25 heavy (non-hydrogen) atoms. The average Bonchev–Trinajstić information content (AvgIpc) is 2.62. The van der Waals surface area contributed by atoms with Crippen LogP contribution in [-0.2, 0) is 4.79 Å². The molecule has 0 atom stereocenters. The number of hydrogen-bond donors (Lipinski definition) is 3. The molecule has 0 aliphatic rings. The molecule has 1 aromatic carbocycles. The van der Waals surface area contributed by atoms with E-state index in [4.69, 9.17) is 10.5 Å². The van der Waals surface area contributed by atoms with Crippen molar-refractivity contribution in [3.8, 4) is 5.75 Å². The number of hydrogen-bond acceptors (Lipinski definition) is 5. The summed E-state index contributed by atoms with van der Waals surface area (Å²) >= 11 is 0. The first kappa shape index (κ1) is 21.0. The van der Waals surface area contributed by atoms with Gasteiger partial charge in [0.05, 0.1) is 12.8 Å². The van der Waals surface area contributed by atoms with Crippen molar-refractivity contribution in [2.75, 3.05) is 32.5 Å². The molecule has 1 aromatic rings. The highest BCUT2D eigenvalue weighted by atomic mass is 16.5. The summed E-state index contributed by atoms with van der Waals surface area (Å²) < 4.78 is 5.12. The van der Waals surface area contributed by atoms with E-state index in [-0.39, 0.29) is 5.91 Å². The second-order valence-corrected chi connectivity index (χ2v) is 6.04. The van der Waals surface area contributed by atoms with Gasteiger partial charge in [-0.25, -0.2) is 0 Å². The van der Waals surface area contributed by atoms with E-state index < -0.39 is 0 Å². The molecule has 6 nitrogen and oxygen atoms in total. The standard InChI is InChI=1S/C19H31N3O3/c1-25-18-15-16(9-10-17(18)20)19(24)22-13-8-12-21-11-6-4-2-3-5-7-14-23/h9-10,14-15,21H,2-8,11-13,20H2,1H3,(H,22,24). The normalized spacial score (nSPS) is 10.4. The van der Waals surface area contributed by atoms with Gasteiger partial charge < -0.3 is 25.9 Å². The van der Waals surface area contributed by atoms with Gasteiger partial charge in [-0.2, -0.15) is 0 Å². The van der Waals surface area contributed by atoms with Crippen LogP contribution in [0.5, 0.6) is 5.75 Å². The molecule has 0 aliphatic heterocycles. The number of unbranched alkanes of at least 4 members (excludes halogenated alkanes) is 5. The second-order valence-electron chi connectivity index (χ2n) is 6.04. The molecule has 0 spiro atoms. The van der Waals surface area contributed by atoms with E-state index in [9.17, 15) is 9.59 Å². The van der Waals surface area contributed by atoms with E-state index in [0.717, 1.165) is 45.1 Å². The lowest BCUT2D eigenvalue weighted by Crippen LogP contribution is -2.27. The fourth-order valence-corrected chi connectivity index (χ4v) is 2.50. The van der Waals surface area contributed by atoms with Crippen molar-refractivity contribution in [3.63, 3.8) is 0 Å². The van der Waals surface area contributed by atoms with Crippen LogP contribution in [0, 0.1) is 0 Å². The van der Waals surface area contributed by atoms with E-state index in [1.54, 1.807) is 18.2 Å². The third-order valence-corrected chi connectivity index (χ3v) is 3.99. The number of rotatable bonds is 14. The largest absolute Gasteiger partial charge is 0.495 e. The Labute approximate surface area is 150 Å². The summed E-state index contributed by atoms with van der Waals surface area (Å²) in [5.41, 5.74) is 6.81. The monoisotopic (exact) mass is 349 g/mol. The van der Waals surface area contributed by atoms with Crippen LogP contribution in [0.4, 0.5) is 5.69 Å². The Hall–Kier alpha value is -2.08. The predicted octanol–water partition coefficient (Wildman–Crippen LogP) is 2.53.